The Hall–Kier alpha value is -3.04. The van der Waals surface area contributed by atoms with Crippen LogP contribution >= 0.6 is 11.6 Å². The highest BCUT2D eigenvalue weighted by molar-refractivity contribution is 6.30. The first-order valence-electron chi connectivity index (χ1n) is 10.8. The molecule has 4 heteroatoms. The highest BCUT2D eigenvalue weighted by Crippen LogP contribution is 2.50. The number of rotatable bonds is 4. The fourth-order valence-electron chi connectivity index (χ4n) is 4.95. The quantitative estimate of drug-likeness (QED) is 0.409. The fourth-order valence-corrected chi connectivity index (χ4v) is 5.08. The summed E-state index contributed by atoms with van der Waals surface area (Å²) in [5, 5.41) is 0.723. The van der Waals surface area contributed by atoms with E-state index in [-0.39, 0.29) is 16.9 Å². The molecule has 0 aliphatic carbocycles. The molecule has 0 aromatic heterocycles. The van der Waals surface area contributed by atoms with Gasteiger partial charge in [0.1, 0.15) is 5.75 Å². The summed E-state index contributed by atoms with van der Waals surface area (Å²) in [6.45, 7) is 6.53. The molecule has 0 N–H and O–H groups in total. The number of halogens is 1. The molecule has 32 heavy (non-hydrogen) atoms. The van der Waals surface area contributed by atoms with Crippen LogP contribution in [-0.2, 0) is 10.2 Å². The molecule has 3 aromatic rings. The summed E-state index contributed by atoms with van der Waals surface area (Å²) in [5.41, 5.74) is 3.63. The van der Waals surface area contributed by atoms with Crippen LogP contribution in [0.1, 0.15) is 43.9 Å². The predicted octanol–water partition coefficient (Wildman–Crippen LogP) is 6.88. The highest BCUT2D eigenvalue weighted by atomic mass is 35.5. The predicted molar refractivity (Wildman–Crippen MR) is 133 cm³/mol. The zero-order valence-electron chi connectivity index (χ0n) is 18.9. The third kappa shape index (κ3) is 4.05. The number of hydrogen-bond donors (Lipinski definition) is 0. The van der Waals surface area contributed by atoms with E-state index in [1.165, 1.54) is 5.56 Å². The van der Waals surface area contributed by atoms with E-state index >= 15 is 0 Å². The van der Waals surface area contributed by atoms with E-state index in [1.54, 1.807) is 13.2 Å². The van der Waals surface area contributed by atoms with Gasteiger partial charge < -0.3 is 9.64 Å². The van der Waals surface area contributed by atoms with Gasteiger partial charge in [-0.25, -0.2) is 0 Å². The normalized spacial score (nSPS) is 19.6. The molecule has 0 fully saturated rings. The van der Waals surface area contributed by atoms with E-state index in [1.807, 2.05) is 65.6 Å². The van der Waals surface area contributed by atoms with Crippen molar-refractivity contribution in [3.63, 3.8) is 0 Å². The smallest absolute Gasteiger partial charge is 0.251 e. The van der Waals surface area contributed by atoms with Gasteiger partial charge >= 0.3 is 0 Å². The Balaban J connectivity index is 1.73. The van der Waals surface area contributed by atoms with Gasteiger partial charge in [0.25, 0.3) is 5.91 Å². The molecular formula is C28H28ClNO2. The number of amides is 1. The van der Waals surface area contributed by atoms with Crippen molar-refractivity contribution in [1.29, 1.82) is 0 Å². The maximum atomic E-state index is 13.5. The number of benzene rings is 3. The first kappa shape index (κ1) is 22.2. The van der Waals surface area contributed by atoms with Crippen molar-refractivity contribution < 1.29 is 9.53 Å². The van der Waals surface area contributed by atoms with E-state index in [0.29, 0.717) is 0 Å². The molecule has 1 amide bonds. The summed E-state index contributed by atoms with van der Waals surface area (Å²) in [4.78, 5) is 15.4. The molecule has 0 bridgehead atoms. The third-order valence-electron chi connectivity index (χ3n) is 6.37. The van der Waals surface area contributed by atoms with Crippen LogP contribution in [0.15, 0.2) is 78.9 Å². The number of hydrogen-bond acceptors (Lipinski definition) is 2. The minimum absolute atomic E-state index is 0.0311. The van der Waals surface area contributed by atoms with Gasteiger partial charge in [0.2, 0.25) is 0 Å². The average molecular weight is 446 g/mol. The Morgan fingerprint density at radius 1 is 0.969 bits per heavy atom. The SMILES string of the molecule is COc1ccc(/C=C/C(=O)N2c3ccccc3[C@@](C)(c3ccc(Cl)cc3)CC2(C)C)cc1. The standard InChI is InChI=1S/C28H28ClNO2/c1-27(2)19-28(3,21-12-14-22(29)15-13-21)24-7-5-6-8-25(24)30(27)26(31)18-11-20-9-16-23(32-4)17-10-20/h5-18H,19H2,1-4H3/b18-11+/t28-/m1/s1. The molecule has 1 atom stereocenters. The lowest BCUT2D eigenvalue weighted by atomic mass is 9.65. The Bertz CT molecular complexity index is 1150. The Kier molecular flexibility index (Phi) is 5.87. The van der Waals surface area contributed by atoms with Crippen molar-refractivity contribution in [1.82, 2.24) is 0 Å². The molecule has 1 aliphatic rings. The van der Waals surface area contributed by atoms with E-state index in [0.717, 1.165) is 34.0 Å². The Morgan fingerprint density at radius 2 is 1.62 bits per heavy atom. The zero-order chi connectivity index (χ0) is 22.9. The lowest BCUT2D eigenvalue weighted by Gasteiger charge is -2.51. The van der Waals surface area contributed by atoms with E-state index < -0.39 is 0 Å². The minimum Gasteiger partial charge on any atom is -0.497 e. The van der Waals surface area contributed by atoms with E-state index in [9.17, 15) is 4.79 Å². The summed E-state index contributed by atoms with van der Waals surface area (Å²) in [6, 6.07) is 23.9. The van der Waals surface area contributed by atoms with Crippen LogP contribution in [0.4, 0.5) is 5.69 Å². The lowest BCUT2D eigenvalue weighted by Crippen LogP contribution is -2.55. The Labute approximate surface area is 195 Å². The molecule has 3 aromatic carbocycles. The molecule has 3 nitrogen and oxygen atoms in total. The lowest BCUT2D eigenvalue weighted by molar-refractivity contribution is -0.115. The second-order valence-electron chi connectivity index (χ2n) is 9.13. The summed E-state index contributed by atoms with van der Waals surface area (Å²) in [6.07, 6.45) is 4.31. The molecule has 164 valence electrons. The number of nitrogens with zero attached hydrogens (tertiary/aromatic N) is 1. The molecule has 1 heterocycles. The van der Waals surface area contributed by atoms with Crippen LogP contribution < -0.4 is 9.64 Å². The van der Waals surface area contributed by atoms with Crippen LogP contribution in [-0.4, -0.2) is 18.6 Å². The number of carbonyl (C=O) groups excluding carboxylic acids is 1. The zero-order valence-corrected chi connectivity index (χ0v) is 19.7. The molecule has 1 aliphatic heterocycles. The summed E-state index contributed by atoms with van der Waals surface area (Å²) < 4.78 is 5.21. The van der Waals surface area contributed by atoms with Gasteiger partial charge in [-0.15, -0.1) is 0 Å². The first-order chi connectivity index (χ1) is 15.2. The molecule has 4 rings (SSSR count). The molecule has 0 saturated heterocycles. The number of fused-ring (bicyclic) bond motifs is 1. The van der Waals surface area contributed by atoms with Gasteiger partial charge in [0.15, 0.2) is 0 Å². The summed E-state index contributed by atoms with van der Waals surface area (Å²) in [7, 11) is 1.64. The number of para-hydroxylation sites is 1. The second kappa shape index (κ2) is 8.48. The van der Waals surface area contributed by atoms with Gasteiger partial charge in [-0.05, 0) is 73.4 Å². The van der Waals surface area contributed by atoms with E-state index in [2.05, 4.69) is 39.0 Å². The van der Waals surface area contributed by atoms with Crippen molar-refractivity contribution in [2.75, 3.05) is 12.0 Å². The minimum atomic E-state index is -0.385. The monoisotopic (exact) mass is 445 g/mol. The average Bonchev–Trinajstić information content (AvgIpc) is 2.78. The van der Waals surface area contributed by atoms with Crippen LogP contribution in [0.25, 0.3) is 6.08 Å². The molecule has 0 saturated carbocycles. The van der Waals surface area contributed by atoms with Gasteiger partial charge in [0, 0.05) is 27.7 Å². The van der Waals surface area contributed by atoms with E-state index in [4.69, 9.17) is 16.3 Å². The van der Waals surface area contributed by atoms with Gasteiger partial charge in [-0.1, -0.05) is 61.0 Å². The van der Waals surface area contributed by atoms with Crippen molar-refractivity contribution in [2.24, 2.45) is 0 Å². The maximum Gasteiger partial charge on any atom is 0.251 e. The van der Waals surface area contributed by atoms with Crippen LogP contribution in [0.2, 0.25) is 5.02 Å². The third-order valence-corrected chi connectivity index (χ3v) is 6.62. The largest absolute Gasteiger partial charge is 0.497 e. The Morgan fingerprint density at radius 3 is 2.28 bits per heavy atom. The van der Waals surface area contributed by atoms with Crippen LogP contribution in [0.5, 0.6) is 5.75 Å². The van der Waals surface area contributed by atoms with Crippen molar-refractivity contribution in [3.8, 4) is 5.75 Å². The maximum absolute atomic E-state index is 13.5. The molecule has 0 unspecified atom stereocenters. The number of ether oxygens (including phenoxy) is 1. The van der Waals surface area contributed by atoms with Gasteiger partial charge in [-0.3, -0.25) is 4.79 Å². The number of anilines is 1. The van der Waals surface area contributed by atoms with Crippen molar-refractivity contribution >= 4 is 29.3 Å². The molecule has 0 spiro atoms. The van der Waals surface area contributed by atoms with Crippen LogP contribution in [0, 0.1) is 0 Å². The topological polar surface area (TPSA) is 29.5 Å². The van der Waals surface area contributed by atoms with Crippen LogP contribution in [0.3, 0.4) is 0 Å². The number of carbonyl (C=O) groups is 1. The first-order valence-corrected chi connectivity index (χ1v) is 11.1. The van der Waals surface area contributed by atoms with Gasteiger partial charge in [-0.2, -0.15) is 0 Å². The van der Waals surface area contributed by atoms with Crippen molar-refractivity contribution in [3.05, 3.63) is 101 Å². The second-order valence-corrected chi connectivity index (χ2v) is 9.56. The summed E-state index contributed by atoms with van der Waals surface area (Å²) >= 11 is 6.15. The summed E-state index contributed by atoms with van der Waals surface area (Å²) in [5.74, 6) is 0.762. The fraction of sp³-hybridized carbons (Fsp3) is 0.250. The van der Waals surface area contributed by atoms with Crippen molar-refractivity contribution in [2.45, 2.75) is 38.1 Å². The number of methoxy groups -OCH3 is 1. The highest BCUT2D eigenvalue weighted by Gasteiger charge is 2.47. The molecule has 0 radical (unpaired) electrons. The van der Waals surface area contributed by atoms with Gasteiger partial charge in [0.05, 0.1) is 7.11 Å². The molecular weight excluding hydrogens is 418 g/mol.